The van der Waals surface area contributed by atoms with Gasteiger partial charge in [-0.25, -0.2) is 9.79 Å². The van der Waals surface area contributed by atoms with Crippen molar-refractivity contribution in [1.29, 1.82) is 0 Å². The summed E-state index contributed by atoms with van der Waals surface area (Å²) < 4.78 is 9.60. The summed E-state index contributed by atoms with van der Waals surface area (Å²) in [5, 5.41) is 19.5. The predicted molar refractivity (Wildman–Crippen MR) is 80.0 cm³/mol. The first-order chi connectivity index (χ1) is 10.3. The number of amidine groups is 1. The quantitative estimate of drug-likeness (QED) is 0.354. The standard InChI is InChI=1S/C13H20N4O5/c1-21-4-3-8(5-9(22-2)10(18)19)6-13(20)7-16-12(15)17-11(13)14/h3-5,7-8,12,20H,6,15H2,1-2H3,(H2,14,17)(H,18,19)/b4-3+,9-5+. The molecule has 6 N–H and O–H groups in total. The Hall–Kier alpha value is -2.39. The Morgan fingerprint density at radius 3 is 2.77 bits per heavy atom. The summed E-state index contributed by atoms with van der Waals surface area (Å²) in [4.78, 5) is 18.6. The lowest BCUT2D eigenvalue weighted by Gasteiger charge is -2.29. The molecular weight excluding hydrogens is 292 g/mol. The van der Waals surface area contributed by atoms with E-state index in [0.717, 1.165) is 0 Å². The smallest absolute Gasteiger partial charge is 0.370 e. The summed E-state index contributed by atoms with van der Waals surface area (Å²) >= 11 is 0. The fourth-order valence-corrected chi connectivity index (χ4v) is 1.85. The molecule has 3 unspecified atom stereocenters. The summed E-state index contributed by atoms with van der Waals surface area (Å²) in [7, 11) is 2.68. The second-order valence-electron chi connectivity index (χ2n) is 4.60. The van der Waals surface area contributed by atoms with Crippen LogP contribution in [0.4, 0.5) is 0 Å². The van der Waals surface area contributed by atoms with Crippen LogP contribution in [0.1, 0.15) is 6.42 Å². The number of hydrogen-bond donors (Lipinski definition) is 4. The molecule has 0 fully saturated rings. The number of carboxylic acids is 1. The average molecular weight is 312 g/mol. The number of allylic oxidation sites excluding steroid dienone is 2. The molecule has 1 aliphatic heterocycles. The number of aliphatic carboxylic acids is 1. The molecule has 0 aromatic rings. The van der Waals surface area contributed by atoms with Crippen molar-refractivity contribution in [2.24, 2.45) is 27.4 Å². The summed E-state index contributed by atoms with van der Waals surface area (Å²) in [6.45, 7) is 0. The van der Waals surface area contributed by atoms with Crippen molar-refractivity contribution in [1.82, 2.24) is 0 Å². The maximum atomic E-state index is 11.0. The van der Waals surface area contributed by atoms with Crippen molar-refractivity contribution >= 4 is 18.0 Å². The topological polar surface area (TPSA) is 153 Å². The van der Waals surface area contributed by atoms with Crippen LogP contribution in [0.5, 0.6) is 0 Å². The number of nitrogens with two attached hydrogens (primary N) is 2. The molecular formula is C13H20N4O5. The Balaban J connectivity index is 3.04. The third-order valence-electron chi connectivity index (χ3n) is 2.96. The largest absolute Gasteiger partial charge is 0.505 e. The minimum atomic E-state index is -1.63. The van der Waals surface area contributed by atoms with Crippen LogP contribution in [0.3, 0.4) is 0 Å². The molecule has 0 amide bonds. The second kappa shape index (κ2) is 7.57. The number of aliphatic imine (C=N–C) groups is 2. The van der Waals surface area contributed by atoms with Crippen LogP contribution in [0.15, 0.2) is 34.2 Å². The van der Waals surface area contributed by atoms with Crippen molar-refractivity contribution in [2.45, 2.75) is 18.3 Å². The number of nitrogens with zero attached hydrogens (tertiary/aromatic N) is 2. The molecule has 0 aromatic carbocycles. The van der Waals surface area contributed by atoms with E-state index in [-0.39, 0.29) is 18.0 Å². The Morgan fingerprint density at radius 1 is 1.59 bits per heavy atom. The van der Waals surface area contributed by atoms with Crippen molar-refractivity contribution in [3.05, 3.63) is 24.2 Å². The zero-order valence-electron chi connectivity index (χ0n) is 12.3. The highest BCUT2D eigenvalue weighted by molar-refractivity contribution is 6.05. The van der Waals surface area contributed by atoms with E-state index in [2.05, 4.69) is 9.98 Å². The Labute approximate surface area is 127 Å². The van der Waals surface area contributed by atoms with Gasteiger partial charge < -0.3 is 25.4 Å². The zero-order chi connectivity index (χ0) is 16.8. The van der Waals surface area contributed by atoms with Gasteiger partial charge in [0.05, 0.1) is 20.5 Å². The Bertz CT molecular complexity index is 529. The van der Waals surface area contributed by atoms with E-state index in [1.807, 2.05) is 0 Å². The van der Waals surface area contributed by atoms with Crippen LogP contribution in [-0.4, -0.2) is 54.3 Å². The van der Waals surface area contributed by atoms with Gasteiger partial charge in [0.2, 0.25) is 5.76 Å². The molecule has 0 bridgehead atoms. The first kappa shape index (κ1) is 17.7. The molecule has 0 saturated heterocycles. The van der Waals surface area contributed by atoms with Crippen LogP contribution < -0.4 is 11.5 Å². The van der Waals surface area contributed by atoms with Crippen LogP contribution in [0.25, 0.3) is 0 Å². The molecule has 3 atom stereocenters. The van der Waals surface area contributed by atoms with Gasteiger partial charge in [0.25, 0.3) is 0 Å². The van der Waals surface area contributed by atoms with Crippen LogP contribution in [0, 0.1) is 5.92 Å². The van der Waals surface area contributed by atoms with Gasteiger partial charge in [-0.05, 0) is 18.6 Å². The molecule has 0 aliphatic carbocycles. The predicted octanol–water partition coefficient (Wildman–Crippen LogP) is -0.817. The van der Waals surface area contributed by atoms with Gasteiger partial charge in [-0.1, -0.05) is 0 Å². The van der Waals surface area contributed by atoms with Gasteiger partial charge in [-0.2, -0.15) is 0 Å². The normalized spacial score (nSPS) is 26.6. The minimum absolute atomic E-state index is 0.00144. The third-order valence-corrected chi connectivity index (χ3v) is 2.96. The van der Waals surface area contributed by atoms with Crippen molar-refractivity contribution in [3.63, 3.8) is 0 Å². The minimum Gasteiger partial charge on any atom is -0.505 e. The first-order valence-corrected chi connectivity index (χ1v) is 6.37. The van der Waals surface area contributed by atoms with E-state index >= 15 is 0 Å². The molecule has 1 heterocycles. The fourth-order valence-electron chi connectivity index (χ4n) is 1.85. The number of carboxylic acid groups (broad SMARTS) is 1. The molecule has 1 rings (SSSR count). The van der Waals surface area contributed by atoms with Crippen molar-refractivity contribution in [2.75, 3.05) is 14.2 Å². The highest BCUT2D eigenvalue weighted by Gasteiger charge is 2.35. The number of carbonyl (C=O) groups is 1. The van der Waals surface area contributed by atoms with Crippen molar-refractivity contribution in [3.8, 4) is 0 Å². The van der Waals surface area contributed by atoms with Gasteiger partial charge in [0.15, 0.2) is 11.9 Å². The monoisotopic (exact) mass is 312 g/mol. The molecule has 0 radical (unpaired) electrons. The van der Waals surface area contributed by atoms with Gasteiger partial charge >= 0.3 is 5.97 Å². The summed E-state index contributed by atoms with van der Waals surface area (Å²) in [6, 6.07) is 0. The van der Waals surface area contributed by atoms with Gasteiger partial charge in [-0.3, -0.25) is 10.7 Å². The fraction of sp³-hybridized carbons (Fsp3) is 0.462. The molecule has 0 aromatic heterocycles. The Kier molecular flexibility index (Phi) is 6.08. The number of hydrogen-bond acceptors (Lipinski definition) is 8. The van der Waals surface area contributed by atoms with E-state index in [9.17, 15) is 9.90 Å². The molecule has 22 heavy (non-hydrogen) atoms. The maximum absolute atomic E-state index is 11.0. The molecule has 0 spiro atoms. The molecule has 9 nitrogen and oxygen atoms in total. The van der Waals surface area contributed by atoms with E-state index in [0.29, 0.717) is 0 Å². The molecule has 0 saturated carbocycles. The zero-order valence-corrected chi connectivity index (χ0v) is 12.3. The number of aliphatic hydroxyl groups is 1. The summed E-state index contributed by atoms with van der Waals surface area (Å²) in [6.07, 6.45) is 4.59. The summed E-state index contributed by atoms with van der Waals surface area (Å²) in [5.41, 5.74) is 9.56. The lowest BCUT2D eigenvalue weighted by atomic mass is 9.89. The van der Waals surface area contributed by atoms with E-state index in [1.54, 1.807) is 6.08 Å². The van der Waals surface area contributed by atoms with Crippen LogP contribution in [0.2, 0.25) is 0 Å². The Morgan fingerprint density at radius 2 is 2.27 bits per heavy atom. The van der Waals surface area contributed by atoms with Gasteiger partial charge in [-0.15, -0.1) is 0 Å². The number of rotatable bonds is 7. The van der Waals surface area contributed by atoms with Gasteiger partial charge in [0, 0.05) is 12.1 Å². The van der Waals surface area contributed by atoms with Crippen LogP contribution >= 0.6 is 0 Å². The highest BCUT2D eigenvalue weighted by Crippen LogP contribution is 2.22. The number of methoxy groups -OCH3 is 2. The lowest BCUT2D eigenvalue weighted by Crippen LogP contribution is -2.50. The maximum Gasteiger partial charge on any atom is 0.370 e. The van der Waals surface area contributed by atoms with Crippen molar-refractivity contribution < 1.29 is 24.5 Å². The van der Waals surface area contributed by atoms with E-state index < -0.39 is 23.8 Å². The third kappa shape index (κ3) is 4.57. The van der Waals surface area contributed by atoms with Gasteiger partial charge in [0.1, 0.15) is 5.84 Å². The molecule has 9 heteroatoms. The lowest BCUT2D eigenvalue weighted by molar-refractivity contribution is -0.136. The van der Waals surface area contributed by atoms with E-state index in [1.165, 1.54) is 32.8 Å². The second-order valence-corrected chi connectivity index (χ2v) is 4.60. The molecule has 1 aliphatic rings. The average Bonchev–Trinajstić information content (AvgIpc) is 2.46. The number of ether oxygens (including phenoxy) is 2. The summed E-state index contributed by atoms with van der Waals surface area (Å²) in [5.74, 6) is -2.14. The first-order valence-electron chi connectivity index (χ1n) is 6.37. The molecule has 122 valence electrons. The van der Waals surface area contributed by atoms with Crippen LogP contribution in [-0.2, 0) is 14.3 Å². The highest BCUT2D eigenvalue weighted by atomic mass is 16.5. The van der Waals surface area contributed by atoms with E-state index in [4.69, 9.17) is 26.0 Å². The SMILES string of the molecule is CO/C=C/C(/C=C(/OC)C(=O)O)CC1(O)C=NC(N)N=C1N.